The van der Waals surface area contributed by atoms with Crippen LogP contribution in [0, 0.1) is 5.41 Å². The minimum absolute atomic E-state index is 0.00711. The molecular weight excluding hydrogens is 398 g/mol. The number of nitrogens with two attached hydrogens (primary N) is 1. The zero-order valence-corrected chi connectivity index (χ0v) is 16.6. The molecule has 1 spiro atoms. The molecule has 2 aliphatic rings. The Kier molecular flexibility index (Phi) is 5.36. The van der Waals surface area contributed by atoms with Crippen molar-refractivity contribution < 1.29 is 23.6 Å². The average molecular weight is 420 g/mol. The molecule has 1 aromatic heterocycles. The summed E-state index contributed by atoms with van der Waals surface area (Å²) in [6.45, 7) is 1.13. The molecule has 1 aromatic carbocycles. The third-order valence-corrected chi connectivity index (χ3v) is 6.10. The third-order valence-electron chi connectivity index (χ3n) is 5.85. The predicted octanol–water partition coefficient (Wildman–Crippen LogP) is 3.39. The van der Waals surface area contributed by atoms with Gasteiger partial charge in [0.15, 0.2) is 18.1 Å². The lowest BCUT2D eigenvalue weighted by Gasteiger charge is -2.52. The van der Waals surface area contributed by atoms with Crippen molar-refractivity contribution in [2.24, 2.45) is 11.1 Å². The Balaban J connectivity index is 1.26. The summed E-state index contributed by atoms with van der Waals surface area (Å²) < 4.78 is 16.4. The summed E-state index contributed by atoms with van der Waals surface area (Å²) in [4.78, 5) is 25.0. The largest absolute Gasteiger partial charge is 0.490 e. The minimum atomic E-state index is -0.691. The van der Waals surface area contributed by atoms with E-state index >= 15 is 0 Å². The van der Waals surface area contributed by atoms with Gasteiger partial charge in [0.2, 0.25) is 0 Å². The molecule has 0 bridgehead atoms. The highest BCUT2D eigenvalue weighted by atomic mass is 35.5. The Hall–Kier alpha value is -2.74. The van der Waals surface area contributed by atoms with Crippen LogP contribution in [0.5, 0.6) is 5.75 Å². The van der Waals surface area contributed by atoms with Crippen LogP contribution in [0.2, 0.25) is 5.02 Å². The Bertz CT molecular complexity index is 890. The highest BCUT2D eigenvalue weighted by molar-refractivity contribution is 6.30. The van der Waals surface area contributed by atoms with Crippen molar-refractivity contribution >= 4 is 23.6 Å². The monoisotopic (exact) mass is 419 g/mol. The second-order valence-electron chi connectivity index (χ2n) is 7.55. The topological polar surface area (TPSA) is 108 Å². The van der Waals surface area contributed by atoms with Crippen molar-refractivity contribution in [3.05, 3.63) is 46.8 Å². The molecule has 2 amide bonds. The Morgan fingerprint density at radius 3 is 2.55 bits per heavy atom. The van der Waals surface area contributed by atoms with Gasteiger partial charge in [-0.25, -0.2) is 4.79 Å². The molecule has 2 heterocycles. The molecule has 8 nitrogen and oxygen atoms in total. The number of rotatable bonds is 5. The highest BCUT2D eigenvalue weighted by Gasteiger charge is 2.50. The summed E-state index contributed by atoms with van der Waals surface area (Å²) in [6.07, 6.45) is 3.60. The van der Waals surface area contributed by atoms with Crippen molar-refractivity contribution in [3.8, 4) is 5.75 Å². The number of carbonyl (C=O) groups excluding carboxylic acids is 2. The number of benzene rings is 1. The third kappa shape index (κ3) is 4.17. The van der Waals surface area contributed by atoms with Gasteiger partial charge >= 0.3 is 6.09 Å². The molecule has 4 rings (SSSR count). The van der Waals surface area contributed by atoms with Gasteiger partial charge in [-0.3, -0.25) is 4.79 Å². The lowest BCUT2D eigenvalue weighted by atomic mass is 9.60. The summed E-state index contributed by atoms with van der Waals surface area (Å²) in [5.41, 5.74) is 5.23. The molecule has 1 atom stereocenters. The first-order valence-corrected chi connectivity index (χ1v) is 9.92. The van der Waals surface area contributed by atoms with E-state index in [0.29, 0.717) is 18.1 Å². The van der Waals surface area contributed by atoms with E-state index in [2.05, 4.69) is 5.16 Å². The number of ether oxygens (including phenoxy) is 2. The van der Waals surface area contributed by atoms with Gasteiger partial charge in [0, 0.05) is 29.6 Å². The van der Waals surface area contributed by atoms with Gasteiger partial charge in [-0.05, 0) is 49.9 Å². The van der Waals surface area contributed by atoms with Crippen LogP contribution in [-0.4, -0.2) is 41.3 Å². The van der Waals surface area contributed by atoms with E-state index in [4.69, 9.17) is 31.3 Å². The van der Waals surface area contributed by atoms with Gasteiger partial charge in [-0.1, -0.05) is 16.8 Å². The SMILES string of the molecule is NC(=O)c1cc(COC(=O)N2CCC3(CCC3Oc3ccc(Cl)cc3)CC2)on1. The van der Waals surface area contributed by atoms with Crippen molar-refractivity contribution in [1.82, 2.24) is 10.1 Å². The molecule has 1 saturated heterocycles. The fourth-order valence-electron chi connectivity index (χ4n) is 3.96. The normalized spacial score (nSPS) is 20.2. The molecule has 154 valence electrons. The van der Waals surface area contributed by atoms with Gasteiger partial charge in [0.1, 0.15) is 11.9 Å². The minimum Gasteiger partial charge on any atom is -0.490 e. The molecule has 2 aromatic rings. The molecule has 1 aliphatic carbocycles. The zero-order valence-electron chi connectivity index (χ0n) is 15.8. The lowest BCUT2D eigenvalue weighted by Crippen LogP contribution is -2.55. The quantitative estimate of drug-likeness (QED) is 0.795. The molecule has 9 heteroatoms. The van der Waals surface area contributed by atoms with E-state index in [0.717, 1.165) is 31.4 Å². The zero-order chi connectivity index (χ0) is 20.4. The number of hydrogen-bond acceptors (Lipinski definition) is 6. The maximum Gasteiger partial charge on any atom is 0.410 e. The number of hydrogen-bond donors (Lipinski definition) is 1. The van der Waals surface area contributed by atoms with Crippen LogP contribution in [-0.2, 0) is 11.3 Å². The summed E-state index contributed by atoms with van der Waals surface area (Å²) in [7, 11) is 0. The smallest absolute Gasteiger partial charge is 0.410 e. The standard InChI is InChI=1S/C20H22ClN3O5/c21-13-1-3-14(4-2-13)28-17-5-6-20(17)7-9-24(10-8-20)19(26)27-12-15-11-16(18(22)25)23-29-15/h1-4,11,17H,5-10,12H2,(H2,22,25). The number of piperidine rings is 1. The maximum absolute atomic E-state index is 12.3. The van der Waals surface area contributed by atoms with Gasteiger partial charge in [-0.2, -0.15) is 0 Å². The Morgan fingerprint density at radius 2 is 1.97 bits per heavy atom. The Labute approximate surface area is 172 Å². The lowest BCUT2D eigenvalue weighted by molar-refractivity contribution is -0.0824. The first-order valence-electron chi connectivity index (χ1n) is 9.54. The van der Waals surface area contributed by atoms with Gasteiger partial charge in [0.25, 0.3) is 5.91 Å². The van der Waals surface area contributed by atoms with E-state index in [-0.39, 0.29) is 29.6 Å². The number of likely N-dealkylation sites (tertiary alicyclic amines) is 1. The highest BCUT2D eigenvalue weighted by Crippen LogP contribution is 2.50. The van der Waals surface area contributed by atoms with Crippen molar-refractivity contribution in [3.63, 3.8) is 0 Å². The number of aromatic nitrogens is 1. The summed E-state index contributed by atoms with van der Waals surface area (Å²) in [6, 6.07) is 8.78. The fourth-order valence-corrected chi connectivity index (χ4v) is 4.09. The number of nitrogens with zero attached hydrogens (tertiary/aromatic N) is 2. The van der Waals surface area contributed by atoms with Crippen LogP contribution < -0.4 is 10.5 Å². The van der Waals surface area contributed by atoms with Crippen molar-refractivity contribution in [2.75, 3.05) is 13.1 Å². The second-order valence-corrected chi connectivity index (χ2v) is 7.98. The van der Waals surface area contributed by atoms with E-state index in [1.165, 1.54) is 6.07 Å². The first-order chi connectivity index (χ1) is 13.9. The van der Waals surface area contributed by atoms with Crippen LogP contribution >= 0.6 is 11.6 Å². The molecule has 1 saturated carbocycles. The van der Waals surface area contributed by atoms with Crippen LogP contribution in [0.15, 0.2) is 34.9 Å². The van der Waals surface area contributed by atoms with Crippen LogP contribution in [0.3, 0.4) is 0 Å². The van der Waals surface area contributed by atoms with E-state index < -0.39 is 12.0 Å². The fraction of sp³-hybridized carbons (Fsp3) is 0.450. The van der Waals surface area contributed by atoms with Crippen LogP contribution in [0.4, 0.5) is 4.79 Å². The number of primary amides is 1. The molecule has 29 heavy (non-hydrogen) atoms. The molecule has 2 N–H and O–H groups in total. The number of carbonyl (C=O) groups is 2. The second kappa shape index (κ2) is 7.94. The Morgan fingerprint density at radius 1 is 1.24 bits per heavy atom. The van der Waals surface area contributed by atoms with Crippen LogP contribution in [0.1, 0.15) is 41.9 Å². The molecular formula is C20H22ClN3O5. The van der Waals surface area contributed by atoms with Gasteiger partial charge < -0.3 is 24.6 Å². The predicted molar refractivity (Wildman–Crippen MR) is 104 cm³/mol. The summed E-state index contributed by atoms with van der Waals surface area (Å²) >= 11 is 5.93. The van der Waals surface area contributed by atoms with E-state index in [9.17, 15) is 9.59 Å². The van der Waals surface area contributed by atoms with Crippen molar-refractivity contribution in [2.45, 2.75) is 38.4 Å². The number of amides is 2. The van der Waals surface area contributed by atoms with Gasteiger partial charge in [-0.15, -0.1) is 0 Å². The summed E-state index contributed by atoms with van der Waals surface area (Å²) in [5.74, 6) is 0.405. The van der Waals surface area contributed by atoms with E-state index in [1.807, 2.05) is 24.3 Å². The maximum atomic E-state index is 12.3. The molecule has 0 radical (unpaired) electrons. The first kappa shape index (κ1) is 19.6. The van der Waals surface area contributed by atoms with Crippen LogP contribution in [0.25, 0.3) is 0 Å². The van der Waals surface area contributed by atoms with Gasteiger partial charge in [0.05, 0.1) is 0 Å². The number of halogens is 1. The summed E-state index contributed by atoms with van der Waals surface area (Å²) in [5, 5.41) is 4.20. The average Bonchev–Trinajstić information content (AvgIpc) is 3.20. The van der Waals surface area contributed by atoms with Crippen molar-refractivity contribution in [1.29, 1.82) is 0 Å². The molecule has 1 unspecified atom stereocenters. The molecule has 2 fully saturated rings. The molecule has 1 aliphatic heterocycles. The van der Waals surface area contributed by atoms with E-state index in [1.54, 1.807) is 4.90 Å².